The summed E-state index contributed by atoms with van der Waals surface area (Å²) in [5.41, 5.74) is 0.682. The molecule has 0 spiro atoms. The Bertz CT molecular complexity index is 646. The monoisotopic (exact) mass is 348 g/mol. The van der Waals surface area contributed by atoms with Crippen LogP contribution < -0.4 is 15.4 Å². The third kappa shape index (κ3) is 4.95. The van der Waals surface area contributed by atoms with Gasteiger partial charge in [0.1, 0.15) is 0 Å². The van der Waals surface area contributed by atoms with Gasteiger partial charge in [-0.15, -0.1) is 0 Å². The summed E-state index contributed by atoms with van der Waals surface area (Å²) in [4.78, 5) is 12.1. The molecule has 136 valence electrons. The topological polar surface area (TPSA) is 70.6 Å². The second kappa shape index (κ2) is 7.87. The van der Waals surface area contributed by atoms with Crippen LogP contribution in [-0.2, 0) is 0 Å². The Kier molecular flexibility index (Phi) is 5.58. The predicted molar refractivity (Wildman–Crippen MR) is 92.8 cm³/mol. The number of hydrogen-bond donors (Lipinski definition) is 3. The van der Waals surface area contributed by atoms with E-state index < -0.39 is 5.82 Å². The SMILES string of the molecule is C[C@H](NC(=O)N[C@@H]1C=C[C@H](CO)C1)c1ccc(OCC2CC2)c(F)c1. The molecule has 3 rings (SSSR count). The Morgan fingerprint density at radius 2 is 2.20 bits per heavy atom. The highest BCUT2D eigenvalue weighted by molar-refractivity contribution is 5.75. The van der Waals surface area contributed by atoms with Crippen LogP contribution >= 0.6 is 0 Å². The van der Waals surface area contributed by atoms with Gasteiger partial charge in [-0.2, -0.15) is 0 Å². The first-order chi connectivity index (χ1) is 12.0. The molecular weight excluding hydrogens is 323 g/mol. The van der Waals surface area contributed by atoms with Gasteiger partial charge in [0.05, 0.1) is 12.6 Å². The van der Waals surface area contributed by atoms with Crippen LogP contribution in [0.5, 0.6) is 5.75 Å². The standard InChI is InChI=1S/C19H25FN2O3/c1-12(21-19(24)22-16-6-4-14(8-16)10-23)15-5-7-18(17(20)9-15)25-11-13-2-3-13/h4-7,9,12-14,16,23H,2-3,8,10-11H2,1H3,(H2,21,22,24)/t12-,14-,16+/m0/s1. The van der Waals surface area contributed by atoms with Gasteiger partial charge in [0.2, 0.25) is 0 Å². The molecular formula is C19H25FN2O3. The van der Waals surface area contributed by atoms with Crippen molar-refractivity contribution in [3.63, 3.8) is 0 Å². The molecule has 6 heteroatoms. The molecule has 0 heterocycles. The number of aliphatic hydroxyl groups is 1. The molecule has 0 saturated heterocycles. The van der Waals surface area contributed by atoms with Crippen molar-refractivity contribution in [3.8, 4) is 5.75 Å². The van der Waals surface area contributed by atoms with Gasteiger partial charge in [-0.1, -0.05) is 18.2 Å². The lowest BCUT2D eigenvalue weighted by Crippen LogP contribution is -2.41. The van der Waals surface area contributed by atoms with Crippen LogP contribution in [0.1, 0.15) is 37.8 Å². The third-order valence-corrected chi connectivity index (χ3v) is 4.70. The summed E-state index contributed by atoms with van der Waals surface area (Å²) in [6, 6.07) is 4.08. The van der Waals surface area contributed by atoms with Crippen molar-refractivity contribution in [2.45, 2.75) is 38.3 Å². The van der Waals surface area contributed by atoms with Crippen molar-refractivity contribution in [2.24, 2.45) is 11.8 Å². The number of nitrogens with one attached hydrogen (secondary N) is 2. The summed E-state index contributed by atoms with van der Waals surface area (Å²) >= 11 is 0. The average Bonchev–Trinajstić information content (AvgIpc) is 3.31. The smallest absolute Gasteiger partial charge is 0.315 e. The number of benzene rings is 1. The lowest BCUT2D eigenvalue weighted by molar-refractivity contribution is 0.229. The molecule has 1 aromatic rings. The van der Waals surface area contributed by atoms with E-state index in [1.165, 1.54) is 6.07 Å². The fourth-order valence-corrected chi connectivity index (χ4v) is 2.90. The summed E-state index contributed by atoms with van der Waals surface area (Å²) in [5.74, 6) is 0.522. The first kappa shape index (κ1) is 17.7. The van der Waals surface area contributed by atoms with E-state index in [0.717, 1.165) is 12.8 Å². The third-order valence-electron chi connectivity index (χ3n) is 4.70. The number of hydrogen-bond acceptors (Lipinski definition) is 3. The molecule has 0 radical (unpaired) electrons. The fraction of sp³-hybridized carbons (Fsp3) is 0.526. The quantitative estimate of drug-likeness (QED) is 0.664. The van der Waals surface area contributed by atoms with Gasteiger partial charge in [0.25, 0.3) is 0 Å². The van der Waals surface area contributed by atoms with E-state index in [0.29, 0.717) is 24.5 Å². The van der Waals surface area contributed by atoms with E-state index in [1.807, 2.05) is 12.2 Å². The fourth-order valence-electron chi connectivity index (χ4n) is 2.90. The molecule has 0 aromatic heterocycles. The van der Waals surface area contributed by atoms with Crippen molar-refractivity contribution in [1.29, 1.82) is 0 Å². The van der Waals surface area contributed by atoms with Gasteiger partial charge in [-0.05, 0) is 49.8 Å². The van der Waals surface area contributed by atoms with Crippen LogP contribution in [0.25, 0.3) is 0 Å². The number of urea groups is 1. The van der Waals surface area contributed by atoms with Crippen molar-refractivity contribution >= 4 is 6.03 Å². The Balaban J connectivity index is 1.50. The normalized spacial score (nSPS) is 23.3. The second-order valence-corrected chi connectivity index (χ2v) is 6.95. The molecule has 3 N–H and O–H groups in total. The molecule has 5 nitrogen and oxygen atoms in total. The summed E-state index contributed by atoms with van der Waals surface area (Å²) < 4.78 is 19.6. The molecule has 0 aliphatic heterocycles. The Morgan fingerprint density at radius 3 is 2.84 bits per heavy atom. The maximum absolute atomic E-state index is 14.1. The maximum atomic E-state index is 14.1. The van der Waals surface area contributed by atoms with E-state index in [-0.39, 0.29) is 36.4 Å². The lowest BCUT2D eigenvalue weighted by Gasteiger charge is -2.18. The van der Waals surface area contributed by atoms with E-state index in [2.05, 4.69) is 10.6 Å². The lowest BCUT2D eigenvalue weighted by atomic mass is 10.1. The van der Waals surface area contributed by atoms with E-state index in [4.69, 9.17) is 9.84 Å². The maximum Gasteiger partial charge on any atom is 0.315 e. The Hall–Kier alpha value is -2.08. The number of halogens is 1. The van der Waals surface area contributed by atoms with Gasteiger partial charge in [-0.3, -0.25) is 0 Å². The van der Waals surface area contributed by atoms with Gasteiger partial charge >= 0.3 is 6.03 Å². The molecule has 1 saturated carbocycles. The van der Waals surface area contributed by atoms with Crippen LogP contribution in [0, 0.1) is 17.7 Å². The molecule has 25 heavy (non-hydrogen) atoms. The van der Waals surface area contributed by atoms with Gasteiger partial charge in [0.15, 0.2) is 11.6 Å². The number of amides is 2. The molecule has 0 bridgehead atoms. The Morgan fingerprint density at radius 1 is 1.40 bits per heavy atom. The van der Waals surface area contributed by atoms with E-state index in [9.17, 15) is 9.18 Å². The van der Waals surface area contributed by atoms with E-state index in [1.54, 1.807) is 19.1 Å². The van der Waals surface area contributed by atoms with Gasteiger partial charge < -0.3 is 20.5 Å². The molecule has 2 aliphatic rings. The molecule has 2 amide bonds. The minimum atomic E-state index is -0.406. The first-order valence-corrected chi connectivity index (χ1v) is 8.83. The molecule has 1 aromatic carbocycles. The highest BCUT2D eigenvalue weighted by atomic mass is 19.1. The highest BCUT2D eigenvalue weighted by Gasteiger charge is 2.23. The molecule has 2 aliphatic carbocycles. The van der Waals surface area contributed by atoms with Crippen LogP contribution in [0.2, 0.25) is 0 Å². The van der Waals surface area contributed by atoms with E-state index >= 15 is 0 Å². The van der Waals surface area contributed by atoms with Crippen LogP contribution in [0.4, 0.5) is 9.18 Å². The first-order valence-electron chi connectivity index (χ1n) is 8.83. The van der Waals surface area contributed by atoms with Crippen LogP contribution in [-0.4, -0.2) is 30.4 Å². The number of aliphatic hydroxyl groups excluding tert-OH is 1. The predicted octanol–water partition coefficient (Wildman–Crippen LogP) is 2.91. The van der Waals surface area contributed by atoms with Crippen LogP contribution in [0.3, 0.4) is 0 Å². The van der Waals surface area contributed by atoms with Crippen molar-refractivity contribution in [1.82, 2.24) is 10.6 Å². The minimum Gasteiger partial charge on any atom is -0.490 e. The number of carbonyl (C=O) groups is 1. The van der Waals surface area contributed by atoms with Crippen molar-refractivity contribution < 1.29 is 19.0 Å². The van der Waals surface area contributed by atoms with Crippen molar-refractivity contribution in [2.75, 3.05) is 13.2 Å². The molecule has 1 fully saturated rings. The average molecular weight is 348 g/mol. The number of ether oxygens (including phenoxy) is 1. The summed E-state index contributed by atoms with van der Waals surface area (Å²) in [5, 5.41) is 14.8. The van der Waals surface area contributed by atoms with Crippen LogP contribution in [0.15, 0.2) is 30.4 Å². The zero-order valence-electron chi connectivity index (χ0n) is 14.4. The number of rotatable bonds is 7. The molecule has 3 atom stereocenters. The summed E-state index contributed by atoms with van der Waals surface area (Å²) in [6.45, 7) is 2.46. The van der Waals surface area contributed by atoms with Crippen molar-refractivity contribution in [3.05, 3.63) is 41.7 Å². The van der Waals surface area contributed by atoms with Gasteiger partial charge in [-0.25, -0.2) is 9.18 Å². The second-order valence-electron chi connectivity index (χ2n) is 6.95. The number of carbonyl (C=O) groups excluding carboxylic acids is 1. The minimum absolute atomic E-state index is 0.0840. The highest BCUT2D eigenvalue weighted by Crippen LogP contribution is 2.30. The summed E-state index contributed by atoms with van der Waals surface area (Å²) in [7, 11) is 0. The summed E-state index contributed by atoms with van der Waals surface area (Å²) in [6.07, 6.45) is 6.80. The Labute approximate surface area is 147 Å². The zero-order valence-corrected chi connectivity index (χ0v) is 14.4. The van der Waals surface area contributed by atoms with Gasteiger partial charge in [0, 0.05) is 18.6 Å². The molecule has 0 unspecified atom stereocenters. The largest absolute Gasteiger partial charge is 0.490 e. The zero-order chi connectivity index (χ0) is 17.8.